The Balaban J connectivity index is 1.63. The van der Waals surface area contributed by atoms with Crippen LogP contribution in [0.4, 0.5) is 0 Å². The van der Waals surface area contributed by atoms with Gasteiger partial charge in [0.05, 0.1) is 32.7 Å². The number of carbonyl (C=O) groups excluding carboxylic acids is 4. The van der Waals surface area contributed by atoms with Crippen LogP contribution in [-0.2, 0) is 25.8 Å². The number of likely N-dealkylation sites (tertiary alicyclic amines) is 1. The number of hydrogen-bond acceptors (Lipinski definition) is 9. The zero-order chi connectivity index (χ0) is 37.0. The van der Waals surface area contributed by atoms with Gasteiger partial charge in [-0.05, 0) is 90.3 Å². The second-order valence-corrected chi connectivity index (χ2v) is 19.3. The number of sulfone groups is 1. The molecular weight excluding hydrogens is 677 g/mol. The molecule has 2 heterocycles. The van der Waals surface area contributed by atoms with Crippen LogP contribution < -0.4 is 16.0 Å². The maximum atomic E-state index is 14.2. The number of fused-ring (bicyclic) bond motifs is 1. The Morgan fingerprint density at radius 1 is 0.940 bits per heavy atom. The Kier molecular flexibility index (Phi) is 12.7. The molecule has 0 unspecified atom stereocenters. The molecule has 0 spiro atoms. The summed E-state index contributed by atoms with van der Waals surface area (Å²) in [5, 5.41) is 20.6. The number of nitrogens with zero attached hydrogens (tertiary/aromatic N) is 1. The standard InChI is InChI=1S/C37H54N4O7S2/c1-23(42)30-17-18-31(49-30)34(45)39-32(37(5,6)50(7,47)48)35(46)38-27(19-24-13-9-8-10-14-24)29(43)22-41-21-26-16-12-11-15-25(26)20-28(41)33(44)40-36(2,3)4/h8-10,13-14,17-18,25-29,32,43H,11-12,15-16,19-22H2,1-7H3,(H,38,46)(H,39,45)(H,40,44)/t25-,26+,27-,28-,29+,32+/m0/s1. The number of ketones is 1. The predicted molar refractivity (Wildman–Crippen MR) is 196 cm³/mol. The first-order chi connectivity index (χ1) is 23.3. The molecule has 0 radical (unpaired) electrons. The summed E-state index contributed by atoms with van der Waals surface area (Å²) < 4.78 is 24.3. The molecule has 1 aromatic carbocycles. The van der Waals surface area contributed by atoms with Gasteiger partial charge in [-0.1, -0.05) is 49.6 Å². The quantitative estimate of drug-likeness (QED) is 0.227. The number of Topliss-reactive ketones (excluding diaryl/α,β-unsaturated/α-hetero) is 1. The van der Waals surface area contributed by atoms with E-state index in [-0.39, 0.29) is 29.5 Å². The van der Waals surface area contributed by atoms with Crippen LogP contribution in [0.15, 0.2) is 42.5 Å². The third-order valence-corrected chi connectivity index (χ3v) is 13.5. The zero-order valence-electron chi connectivity index (χ0n) is 30.3. The first kappa shape index (κ1) is 39.7. The molecule has 6 atom stereocenters. The summed E-state index contributed by atoms with van der Waals surface area (Å²) in [6.07, 6.45) is 5.21. The molecule has 11 nitrogen and oxygen atoms in total. The lowest BCUT2D eigenvalue weighted by Gasteiger charge is -2.47. The maximum absolute atomic E-state index is 14.2. The zero-order valence-corrected chi connectivity index (χ0v) is 32.0. The Bertz CT molecular complexity index is 1630. The van der Waals surface area contributed by atoms with Crippen LogP contribution in [0.25, 0.3) is 0 Å². The molecule has 3 amide bonds. The van der Waals surface area contributed by atoms with Crippen LogP contribution >= 0.6 is 11.3 Å². The van der Waals surface area contributed by atoms with Gasteiger partial charge in [-0.2, -0.15) is 0 Å². The van der Waals surface area contributed by atoms with E-state index in [0.29, 0.717) is 29.7 Å². The number of rotatable bonds is 13. The molecule has 0 bridgehead atoms. The number of benzene rings is 1. The average molecular weight is 731 g/mol. The van der Waals surface area contributed by atoms with Crippen molar-refractivity contribution in [1.82, 2.24) is 20.9 Å². The van der Waals surface area contributed by atoms with E-state index in [1.165, 1.54) is 32.9 Å². The van der Waals surface area contributed by atoms with E-state index in [4.69, 9.17) is 0 Å². The summed E-state index contributed by atoms with van der Waals surface area (Å²) in [5.74, 6) is -0.925. The van der Waals surface area contributed by atoms with Gasteiger partial charge in [0.15, 0.2) is 15.6 Å². The monoisotopic (exact) mass is 730 g/mol. The van der Waals surface area contributed by atoms with Gasteiger partial charge < -0.3 is 21.1 Å². The van der Waals surface area contributed by atoms with Crippen LogP contribution in [0.1, 0.15) is 98.6 Å². The lowest BCUT2D eigenvalue weighted by atomic mass is 9.72. The summed E-state index contributed by atoms with van der Waals surface area (Å²) in [7, 11) is -3.90. The van der Waals surface area contributed by atoms with Crippen molar-refractivity contribution in [3.8, 4) is 0 Å². The highest BCUT2D eigenvalue weighted by atomic mass is 32.2. The number of piperidine rings is 1. The van der Waals surface area contributed by atoms with E-state index in [2.05, 4.69) is 16.0 Å². The molecule has 276 valence electrons. The van der Waals surface area contributed by atoms with Gasteiger partial charge in [0.2, 0.25) is 11.8 Å². The molecule has 2 aliphatic rings. The third kappa shape index (κ3) is 10.0. The second kappa shape index (κ2) is 16.0. The Morgan fingerprint density at radius 2 is 1.56 bits per heavy atom. The van der Waals surface area contributed by atoms with Crippen molar-refractivity contribution < 1.29 is 32.7 Å². The number of hydrogen-bond donors (Lipinski definition) is 4. The Morgan fingerprint density at radius 3 is 2.14 bits per heavy atom. The smallest absolute Gasteiger partial charge is 0.262 e. The SMILES string of the molecule is CC(=O)c1ccc(C(=O)N[C@H](C(=O)N[C@@H](Cc2ccccc2)[C@H](O)CN2C[C@H]3CCCC[C@H]3C[C@H]2C(=O)NC(C)(C)C)C(C)(C)S(C)(=O)=O)s1. The summed E-state index contributed by atoms with van der Waals surface area (Å²) in [6.45, 7) is 10.7. The molecule has 1 saturated carbocycles. The van der Waals surface area contributed by atoms with E-state index in [1.54, 1.807) is 0 Å². The largest absolute Gasteiger partial charge is 0.390 e. The Labute approximate surface area is 300 Å². The number of thiophene rings is 1. The molecule has 1 aliphatic carbocycles. The highest BCUT2D eigenvalue weighted by molar-refractivity contribution is 7.92. The molecule has 4 N–H and O–H groups in total. The lowest BCUT2D eigenvalue weighted by Crippen LogP contribution is -2.64. The van der Waals surface area contributed by atoms with Gasteiger partial charge in [0.25, 0.3) is 5.91 Å². The van der Waals surface area contributed by atoms with Crippen LogP contribution in [0, 0.1) is 11.8 Å². The number of nitrogens with one attached hydrogen (secondary N) is 3. The van der Waals surface area contributed by atoms with Crippen LogP contribution in [0.5, 0.6) is 0 Å². The number of carbonyl (C=O) groups is 4. The van der Waals surface area contributed by atoms with Crippen molar-refractivity contribution in [2.75, 3.05) is 19.3 Å². The number of amides is 3. The normalized spacial score (nSPS) is 22.0. The summed E-state index contributed by atoms with van der Waals surface area (Å²) >= 11 is 0.953. The Hall–Kier alpha value is -3.13. The van der Waals surface area contributed by atoms with Gasteiger partial charge in [0.1, 0.15) is 6.04 Å². The summed E-state index contributed by atoms with van der Waals surface area (Å²) in [5.41, 5.74) is 0.403. The van der Waals surface area contributed by atoms with Crippen LogP contribution in [-0.4, -0.2) is 95.8 Å². The van der Waals surface area contributed by atoms with Gasteiger partial charge in [-0.15, -0.1) is 11.3 Å². The lowest BCUT2D eigenvalue weighted by molar-refractivity contribution is -0.133. The summed E-state index contributed by atoms with van der Waals surface area (Å²) in [4.78, 5) is 55.6. The van der Waals surface area contributed by atoms with Crippen molar-refractivity contribution in [2.24, 2.45) is 11.8 Å². The molecule has 1 aromatic heterocycles. The minimum absolute atomic E-state index is 0.0865. The van der Waals surface area contributed by atoms with E-state index in [1.807, 2.05) is 56.0 Å². The average Bonchev–Trinajstić information content (AvgIpc) is 3.53. The topological polar surface area (TPSA) is 162 Å². The van der Waals surface area contributed by atoms with E-state index < -0.39 is 56.2 Å². The third-order valence-electron chi connectivity index (χ3n) is 10.2. The van der Waals surface area contributed by atoms with Crippen LogP contribution in [0.3, 0.4) is 0 Å². The fourth-order valence-corrected chi connectivity index (χ4v) is 8.43. The first-order valence-corrected chi connectivity index (χ1v) is 20.2. The molecule has 1 aliphatic heterocycles. The predicted octanol–water partition coefficient (Wildman–Crippen LogP) is 3.76. The molecule has 2 aromatic rings. The maximum Gasteiger partial charge on any atom is 0.262 e. The fraction of sp³-hybridized carbons (Fsp3) is 0.622. The van der Waals surface area contributed by atoms with E-state index >= 15 is 0 Å². The first-order valence-electron chi connectivity index (χ1n) is 17.5. The molecule has 50 heavy (non-hydrogen) atoms. The number of aliphatic hydroxyl groups excluding tert-OH is 1. The van der Waals surface area contributed by atoms with Crippen molar-refractivity contribution in [3.05, 3.63) is 57.8 Å². The van der Waals surface area contributed by atoms with Crippen molar-refractivity contribution in [3.63, 3.8) is 0 Å². The van der Waals surface area contributed by atoms with Gasteiger partial charge >= 0.3 is 0 Å². The minimum atomic E-state index is -3.90. The van der Waals surface area contributed by atoms with Gasteiger partial charge in [-0.25, -0.2) is 8.42 Å². The van der Waals surface area contributed by atoms with Gasteiger partial charge in [0, 0.05) is 24.9 Å². The fourth-order valence-electron chi connectivity index (χ4n) is 7.03. The minimum Gasteiger partial charge on any atom is -0.390 e. The summed E-state index contributed by atoms with van der Waals surface area (Å²) in [6, 6.07) is 9.42. The molecule has 1 saturated heterocycles. The number of aliphatic hydroxyl groups is 1. The highest BCUT2D eigenvalue weighted by Gasteiger charge is 2.46. The second-order valence-electron chi connectivity index (χ2n) is 15.6. The van der Waals surface area contributed by atoms with E-state index in [9.17, 15) is 32.7 Å². The molecule has 2 fully saturated rings. The van der Waals surface area contributed by atoms with Crippen molar-refractivity contribution in [2.45, 2.75) is 115 Å². The van der Waals surface area contributed by atoms with E-state index in [0.717, 1.165) is 48.8 Å². The van der Waals surface area contributed by atoms with Crippen molar-refractivity contribution in [1.29, 1.82) is 0 Å². The molecular formula is C37H54N4O7S2. The van der Waals surface area contributed by atoms with Gasteiger partial charge in [-0.3, -0.25) is 24.1 Å². The highest BCUT2D eigenvalue weighted by Crippen LogP contribution is 2.39. The molecule has 4 rings (SSSR count). The molecule has 13 heteroatoms. The number of β-amino-alcohol motifs (C(OH)–C–C–N with tert-alkyl or cyclic N) is 1. The van der Waals surface area contributed by atoms with Crippen molar-refractivity contribution >= 4 is 44.7 Å². The van der Waals surface area contributed by atoms with Crippen LogP contribution in [0.2, 0.25) is 0 Å².